The fraction of sp³-hybridized carbons (Fsp3) is 0.625. The second-order valence-electron chi connectivity index (χ2n) is 6.96. The van der Waals surface area contributed by atoms with Gasteiger partial charge in [-0.15, -0.1) is 0 Å². The van der Waals surface area contributed by atoms with E-state index in [1.165, 1.54) is 0 Å². The first kappa shape index (κ1) is 17.4. The van der Waals surface area contributed by atoms with E-state index in [1.807, 2.05) is 19.9 Å². The Labute approximate surface area is 127 Å². The molecule has 1 rings (SSSR count). The Morgan fingerprint density at radius 3 is 2.29 bits per heavy atom. The number of likely N-dealkylation sites (N-methyl/N-ethyl adjacent to an activating group) is 1. The van der Waals surface area contributed by atoms with Crippen LogP contribution in [0.3, 0.4) is 0 Å². The van der Waals surface area contributed by atoms with Crippen LogP contribution in [0.4, 0.5) is 5.82 Å². The van der Waals surface area contributed by atoms with Crippen LogP contribution in [0.2, 0.25) is 0 Å². The zero-order valence-electron chi connectivity index (χ0n) is 14.1. The summed E-state index contributed by atoms with van der Waals surface area (Å²) in [5.41, 5.74) is 0.672. The van der Waals surface area contributed by atoms with Gasteiger partial charge in [0, 0.05) is 30.8 Å². The Morgan fingerprint density at radius 2 is 1.86 bits per heavy atom. The minimum absolute atomic E-state index is 0.0919. The summed E-state index contributed by atoms with van der Waals surface area (Å²) in [5.74, 6) is 0.541. The molecule has 118 valence electrons. The highest BCUT2D eigenvalue weighted by molar-refractivity contribution is 5.95. The zero-order chi connectivity index (χ0) is 16.4. The molecule has 5 nitrogen and oxygen atoms in total. The molecule has 1 heterocycles. The highest BCUT2D eigenvalue weighted by Crippen LogP contribution is 2.25. The molecule has 0 unspecified atom stereocenters. The molecule has 5 heteroatoms. The normalized spacial score (nSPS) is 12.2. The summed E-state index contributed by atoms with van der Waals surface area (Å²) in [6.45, 7) is 9.75. The zero-order valence-corrected chi connectivity index (χ0v) is 14.1. The van der Waals surface area contributed by atoms with E-state index in [1.54, 1.807) is 25.1 Å². The number of nitrogens with one attached hydrogen (secondary N) is 1. The average molecular weight is 293 g/mol. The number of rotatable bonds is 4. The average Bonchev–Trinajstić information content (AvgIpc) is 2.44. The summed E-state index contributed by atoms with van der Waals surface area (Å²) >= 11 is 0. The van der Waals surface area contributed by atoms with E-state index in [2.05, 4.69) is 31.1 Å². The lowest BCUT2D eigenvalue weighted by molar-refractivity contribution is 0.0473. The van der Waals surface area contributed by atoms with E-state index in [-0.39, 0.29) is 17.9 Å². The van der Waals surface area contributed by atoms with Gasteiger partial charge in [-0.05, 0) is 26.0 Å². The maximum absolute atomic E-state index is 12.7. The molecular formula is C16H27N3O2. The number of amides is 1. The number of aliphatic hydroxyl groups excluding tert-OH is 1. The van der Waals surface area contributed by atoms with Crippen molar-refractivity contribution in [2.24, 2.45) is 0 Å². The number of carbonyl (C=O) groups is 1. The van der Waals surface area contributed by atoms with Crippen LogP contribution >= 0.6 is 0 Å². The van der Waals surface area contributed by atoms with Crippen LogP contribution in [0.5, 0.6) is 0 Å². The van der Waals surface area contributed by atoms with Crippen molar-refractivity contribution >= 4 is 11.7 Å². The van der Waals surface area contributed by atoms with E-state index < -0.39 is 5.54 Å². The summed E-state index contributed by atoms with van der Waals surface area (Å²) in [5, 5.41) is 12.4. The summed E-state index contributed by atoms with van der Waals surface area (Å²) in [6.07, 6.45) is 0. The fourth-order valence-electron chi connectivity index (χ4n) is 1.74. The number of aromatic nitrogens is 1. The van der Waals surface area contributed by atoms with Crippen molar-refractivity contribution in [1.82, 2.24) is 9.88 Å². The van der Waals surface area contributed by atoms with Crippen molar-refractivity contribution in [1.29, 1.82) is 0 Å². The Morgan fingerprint density at radius 1 is 1.29 bits per heavy atom. The van der Waals surface area contributed by atoms with Gasteiger partial charge in [-0.2, -0.15) is 0 Å². The van der Waals surface area contributed by atoms with Crippen LogP contribution in [0.1, 0.15) is 50.7 Å². The number of carbonyl (C=O) groups excluding carboxylic acids is 1. The third-order valence-electron chi connectivity index (χ3n) is 3.70. The molecule has 2 N–H and O–H groups in total. The van der Waals surface area contributed by atoms with Gasteiger partial charge in [0.05, 0.1) is 12.1 Å². The minimum Gasteiger partial charge on any atom is -0.394 e. The van der Waals surface area contributed by atoms with Gasteiger partial charge in [-0.25, -0.2) is 4.98 Å². The van der Waals surface area contributed by atoms with Crippen molar-refractivity contribution in [2.45, 2.75) is 45.6 Å². The van der Waals surface area contributed by atoms with Gasteiger partial charge in [0.1, 0.15) is 5.82 Å². The second kappa shape index (κ2) is 6.02. The molecule has 0 spiro atoms. The molecule has 0 saturated heterocycles. The molecule has 0 bridgehead atoms. The third kappa shape index (κ3) is 3.94. The first-order chi connectivity index (χ1) is 9.52. The monoisotopic (exact) mass is 293 g/mol. The minimum atomic E-state index is -0.609. The maximum Gasteiger partial charge on any atom is 0.254 e. The molecule has 0 radical (unpaired) electrons. The van der Waals surface area contributed by atoms with Gasteiger partial charge >= 0.3 is 0 Å². The predicted octanol–water partition coefficient (Wildman–Crippen LogP) is 2.26. The number of hydrogen-bond donors (Lipinski definition) is 2. The van der Waals surface area contributed by atoms with Crippen LogP contribution in [-0.4, -0.2) is 47.1 Å². The topological polar surface area (TPSA) is 65.5 Å². The Bertz CT molecular complexity index is 519. The lowest BCUT2D eigenvalue weighted by Crippen LogP contribution is -2.47. The molecule has 0 aliphatic heterocycles. The lowest BCUT2D eigenvalue weighted by Gasteiger charge is -2.34. The highest BCUT2D eigenvalue weighted by Gasteiger charge is 2.29. The van der Waals surface area contributed by atoms with Crippen LogP contribution in [0.15, 0.2) is 12.1 Å². The SMILES string of the molecule is CNc1cc(C(=O)N(C)C(C)(C)CO)cc(C(C)(C)C)n1. The molecule has 0 aliphatic rings. The van der Waals surface area contributed by atoms with Crippen molar-refractivity contribution in [3.8, 4) is 0 Å². The quantitative estimate of drug-likeness (QED) is 0.893. The van der Waals surface area contributed by atoms with Gasteiger partial charge in [0.15, 0.2) is 0 Å². The summed E-state index contributed by atoms with van der Waals surface area (Å²) in [6, 6.07) is 3.56. The summed E-state index contributed by atoms with van der Waals surface area (Å²) < 4.78 is 0. The van der Waals surface area contributed by atoms with Crippen molar-refractivity contribution in [2.75, 3.05) is 26.0 Å². The first-order valence-electron chi connectivity index (χ1n) is 7.12. The number of pyridine rings is 1. The van der Waals surface area contributed by atoms with Crippen LogP contribution in [0, 0.1) is 0 Å². The van der Waals surface area contributed by atoms with E-state index in [4.69, 9.17) is 0 Å². The van der Waals surface area contributed by atoms with Crippen molar-refractivity contribution < 1.29 is 9.90 Å². The summed E-state index contributed by atoms with van der Waals surface area (Å²) in [4.78, 5) is 18.7. The van der Waals surface area contributed by atoms with E-state index in [9.17, 15) is 9.90 Å². The Kier molecular flexibility index (Phi) is 4.99. The van der Waals surface area contributed by atoms with Gasteiger partial charge in [0.2, 0.25) is 0 Å². The molecule has 0 aliphatic carbocycles. The van der Waals surface area contributed by atoms with Gasteiger partial charge in [0.25, 0.3) is 5.91 Å². The molecular weight excluding hydrogens is 266 g/mol. The molecule has 0 saturated carbocycles. The molecule has 21 heavy (non-hydrogen) atoms. The van der Waals surface area contributed by atoms with E-state index >= 15 is 0 Å². The highest BCUT2D eigenvalue weighted by atomic mass is 16.3. The van der Waals surface area contributed by atoms with Crippen LogP contribution in [-0.2, 0) is 5.41 Å². The Hall–Kier alpha value is -1.62. The molecule has 1 aromatic rings. The lowest BCUT2D eigenvalue weighted by atomic mass is 9.90. The van der Waals surface area contributed by atoms with Gasteiger partial charge < -0.3 is 15.3 Å². The molecule has 0 aromatic carbocycles. The van der Waals surface area contributed by atoms with Crippen LogP contribution < -0.4 is 5.32 Å². The standard InChI is InChI=1S/C16H27N3O2/c1-15(2,3)12-8-11(9-13(17-6)18-12)14(21)19(7)16(4,5)10-20/h8-9,20H,10H2,1-7H3,(H,17,18). The third-order valence-corrected chi connectivity index (χ3v) is 3.70. The molecule has 1 aromatic heterocycles. The number of nitrogens with zero attached hydrogens (tertiary/aromatic N) is 2. The van der Waals surface area contributed by atoms with Crippen molar-refractivity contribution in [3.05, 3.63) is 23.4 Å². The van der Waals surface area contributed by atoms with E-state index in [0.717, 1.165) is 5.69 Å². The van der Waals surface area contributed by atoms with Gasteiger partial charge in [-0.3, -0.25) is 4.79 Å². The fourth-order valence-corrected chi connectivity index (χ4v) is 1.74. The second-order valence-corrected chi connectivity index (χ2v) is 6.96. The number of hydrogen-bond acceptors (Lipinski definition) is 4. The largest absolute Gasteiger partial charge is 0.394 e. The maximum atomic E-state index is 12.7. The Balaban J connectivity index is 3.27. The summed E-state index contributed by atoms with van der Waals surface area (Å²) in [7, 11) is 3.49. The van der Waals surface area contributed by atoms with Crippen LogP contribution in [0.25, 0.3) is 0 Å². The molecule has 0 atom stereocenters. The van der Waals surface area contributed by atoms with Gasteiger partial charge in [-0.1, -0.05) is 20.8 Å². The number of aliphatic hydroxyl groups is 1. The number of anilines is 1. The van der Waals surface area contributed by atoms with E-state index in [0.29, 0.717) is 11.4 Å². The van der Waals surface area contributed by atoms with Crippen molar-refractivity contribution in [3.63, 3.8) is 0 Å². The molecule has 1 amide bonds. The smallest absolute Gasteiger partial charge is 0.254 e. The predicted molar refractivity (Wildman–Crippen MR) is 85.7 cm³/mol. The first-order valence-corrected chi connectivity index (χ1v) is 7.12. The molecule has 0 fully saturated rings.